The summed E-state index contributed by atoms with van der Waals surface area (Å²) in [5, 5.41) is 0. The van der Waals surface area contributed by atoms with E-state index in [-0.39, 0.29) is 24.0 Å². The minimum atomic E-state index is 0. The van der Waals surface area contributed by atoms with Crippen LogP contribution in [0.4, 0.5) is 0 Å². The standard InChI is InChI=1S/C25H22NS.HI/c1-26(19-20-11-5-2-6-12-20)25-18-23(21-13-7-3-8-14-21)17-24(27-25)22-15-9-4-10-16-22;/h2-18H,19H2,1H3;1H/q+1;/p-1. The second kappa shape index (κ2) is 9.80. The lowest BCUT2D eigenvalue weighted by Gasteiger charge is -2.06. The summed E-state index contributed by atoms with van der Waals surface area (Å²) >= 11 is 1.84. The van der Waals surface area contributed by atoms with E-state index < -0.39 is 0 Å². The first kappa shape index (κ1) is 20.5. The summed E-state index contributed by atoms with van der Waals surface area (Å²) in [6.45, 7) is 0.893. The summed E-state index contributed by atoms with van der Waals surface area (Å²) < 4.78 is 3.60. The highest BCUT2D eigenvalue weighted by Gasteiger charge is 2.09. The normalized spacial score (nSPS) is 11.5. The molecule has 0 aliphatic carbocycles. The molecule has 0 N–H and O–H groups in total. The molecule has 1 aromatic heterocycles. The molecule has 0 spiro atoms. The Bertz CT molecular complexity index is 1030. The second-order valence-electron chi connectivity index (χ2n) is 6.62. The van der Waals surface area contributed by atoms with Gasteiger partial charge in [0.2, 0.25) is 0 Å². The van der Waals surface area contributed by atoms with E-state index in [4.69, 9.17) is 0 Å². The van der Waals surface area contributed by atoms with E-state index in [0.29, 0.717) is 0 Å². The van der Waals surface area contributed by atoms with Crippen molar-refractivity contribution in [2.75, 3.05) is 7.05 Å². The molecule has 0 aliphatic rings. The van der Waals surface area contributed by atoms with E-state index in [0.717, 1.165) is 6.54 Å². The van der Waals surface area contributed by atoms with Crippen LogP contribution in [-0.2, 0) is 6.54 Å². The highest BCUT2D eigenvalue weighted by atomic mass is 127. The topological polar surface area (TPSA) is 3.01 Å². The van der Waals surface area contributed by atoms with E-state index in [9.17, 15) is 0 Å². The third-order valence-corrected chi connectivity index (χ3v) is 5.80. The molecule has 4 aromatic rings. The number of halogens is 1. The first-order chi connectivity index (χ1) is 13.3. The number of rotatable bonds is 4. The second-order valence-corrected chi connectivity index (χ2v) is 7.68. The molecular weight excluding hydrogens is 473 g/mol. The van der Waals surface area contributed by atoms with Gasteiger partial charge in [0.25, 0.3) is 4.67 Å². The van der Waals surface area contributed by atoms with Gasteiger partial charge in [-0.1, -0.05) is 102 Å². The van der Waals surface area contributed by atoms with Gasteiger partial charge in [-0.25, -0.2) is 4.58 Å². The number of hydrogen-bond donors (Lipinski definition) is 0. The SMILES string of the molecule is C[N+](Cc1ccccc1)=c1cc(-c2ccccc2)cc(-c2ccccc2)s1.[I-]. The van der Waals surface area contributed by atoms with Crippen LogP contribution in [-0.4, -0.2) is 7.05 Å². The van der Waals surface area contributed by atoms with E-state index in [1.807, 2.05) is 11.3 Å². The molecule has 0 unspecified atom stereocenters. The molecule has 3 heteroatoms. The fourth-order valence-corrected chi connectivity index (χ4v) is 4.22. The monoisotopic (exact) mass is 495 g/mol. The van der Waals surface area contributed by atoms with Gasteiger partial charge in [0, 0.05) is 16.5 Å². The number of hydrogen-bond acceptors (Lipinski definition) is 1. The van der Waals surface area contributed by atoms with Crippen molar-refractivity contribution in [2.45, 2.75) is 6.54 Å². The summed E-state index contributed by atoms with van der Waals surface area (Å²) in [5.74, 6) is 0. The molecule has 4 rings (SSSR count). The highest BCUT2D eigenvalue weighted by molar-refractivity contribution is 7.12. The molecule has 140 valence electrons. The van der Waals surface area contributed by atoms with Gasteiger partial charge in [-0.2, -0.15) is 0 Å². The number of benzene rings is 3. The molecule has 1 heterocycles. The Morgan fingerprint density at radius 3 is 1.79 bits per heavy atom. The average Bonchev–Trinajstić information content (AvgIpc) is 2.75. The van der Waals surface area contributed by atoms with Crippen LogP contribution in [0, 0.1) is 0 Å². The Kier molecular flexibility index (Phi) is 7.18. The molecule has 0 aliphatic heterocycles. The maximum Gasteiger partial charge on any atom is 0.257 e. The molecule has 0 fully saturated rings. The van der Waals surface area contributed by atoms with Crippen LogP contribution in [0.25, 0.3) is 21.6 Å². The maximum absolute atomic E-state index is 2.33. The van der Waals surface area contributed by atoms with Gasteiger partial charge in [-0.15, -0.1) is 0 Å². The fourth-order valence-electron chi connectivity index (χ4n) is 3.15. The van der Waals surface area contributed by atoms with Crippen molar-refractivity contribution < 1.29 is 24.0 Å². The van der Waals surface area contributed by atoms with Crippen molar-refractivity contribution in [1.82, 2.24) is 4.58 Å². The predicted molar refractivity (Wildman–Crippen MR) is 117 cm³/mol. The first-order valence-corrected chi connectivity index (χ1v) is 9.95. The van der Waals surface area contributed by atoms with Crippen LogP contribution >= 0.6 is 11.3 Å². The quantitative estimate of drug-likeness (QED) is 0.303. The molecule has 0 atom stereocenters. The minimum absolute atomic E-state index is 0. The highest BCUT2D eigenvalue weighted by Crippen LogP contribution is 2.27. The molecule has 0 saturated carbocycles. The lowest BCUT2D eigenvalue weighted by atomic mass is 10.1. The number of nitrogens with zero attached hydrogens (tertiary/aromatic N) is 1. The summed E-state index contributed by atoms with van der Waals surface area (Å²) in [7, 11) is 2.17. The molecule has 0 bridgehead atoms. The first-order valence-electron chi connectivity index (χ1n) is 9.14. The molecule has 0 radical (unpaired) electrons. The largest absolute Gasteiger partial charge is 1.00 e. The zero-order valence-corrected chi connectivity index (χ0v) is 18.7. The average molecular weight is 495 g/mol. The van der Waals surface area contributed by atoms with Crippen molar-refractivity contribution in [3.05, 3.63) is 113 Å². The van der Waals surface area contributed by atoms with Crippen LogP contribution in [0.5, 0.6) is 0 Å². The van der Waals surface area contributed by atoms with Gasteiger partial charge < -0.3 is 24.0 Å². The Morgan fingerprint density at radius 2 is 1.18 bits per heavy atom. The molecular formula is C25H22INS. The Morgan fingerprint density at radius 1 is 0.643 bits per heavy atom. The predicted octanol–water partition coefficient (Wildman–Crippen LogP) is 2.69. The van der Waals surface area contributed by atoms with Crippen molar-refractivity contribution in [3.8, 4) is 21.6 Å². The van der Waals surface area contributed by atoms with Crippen LogP contribution in [0.3, 0.4) is 0 Å². The minimum Gasteiger partial charge on any atom is -1.00 e. The van der Waals surface area contributed by atoms with Gasteiger partial charge >= 0.3 is 0 Å². The molecule has 0 saturated heterocycles. The zero-order chi connectivity index (χ0) is 18.5. The molecule has 0 amide bonds. The zero-order valence-electron chi connectivity index (χ0n) is 15.8. The van der Waals surface area contributed by atoms with Crippen LogP contribution < -0.4 is 33.2 Å². The molecule has 28 heavy (non-hydrogen) atoms. The van der Waals surface area contributed by atoms with Crippen molar-refractivity contribution in [3.63, 3.8) is 0 Å². The van der Waals surface area contributed by atoms with Gasteiger partial charge in [-0.05, 0) is 22.8 Å². The Balaban J connectivity index is 0.00000225. The van der Waals surface area contributed by atoms with Crippen LogP contribution in [0.15, 0.2) is 103 Å². The van der Waals surface area contributed by atoms with Gasteiger partial charge in [0.05, 0.1) is 0 Å². The van der Waals surface area contributed by atoms with Crippen molar-refractivity contribution in [2.24, 2.45) is 0 Å². The van der Waals surface area contributed by atoms with Gasteiger partial charge in [0.1, 0.15) is 7.05 Å². The molecule has 1 nitrogen and oxygen atoms in total. The summed E-state index contributed by atoms with van der Waals surface area (Å²) in [6, 6.07) is 36.5. The third-order valence-electron chi connectivity index (χ3n) is 4.58. The van der Waals surface area contributed by atoms with Gasteiger partial charge in [-0.3, -0.25) is 0 Å². The third kappa shape index (κ3) is 4.97. The van der Waals surface area contributed by atoms with Crippen molar-refractivity contribution >= 4 is 11.3 Å². The van der Waals surface area contributed by atoms with Crippen LogP contribution in [0.2, 0.25) is 0 Å². The maximum atomic E-state index is 2.33. The Labute approximate surface area is 187 Å². The Hall–Kier alpha value is -2.24. The van der Waals surface area contributed by atoms with E-state index in [1.165, 1.54) is 31.8 Å². The fraction of sp³-hybridized carbons (Fsp3) is 0.0800. The molecule has 3 aromatic carbocycles. The van der Waals surface area contributed by atoms with E-state index >= 15 is 0 Å². The van der Waals surface area contributed by atoms with E-state index in [2.05, 4.69) is 115 Å². The van der Waals surface area contributed by atoms with Gasteiger partial charge in [0.15, 0.2) is 6.54 Å². The summed E-state index contributed by atoms with van der Waals surface area (Å²) in [6.07, 6.45) is 0. The smallest absolute Gasteiger partial charge is 0.257 e. The summed E-state index contributed by atoms with van der Waals surface area (Å²) in [5.41, 5.74) is 5.08. The lowest BCUT2D eigenvalue weighted by molar-refractivity contribution is -0.00000523. The van der Waals surface area contributed by atoms with Crippen molar-refractivity contribution in [1.29, 1.82) is 0 Å². The van der Waals surface area contributed by atoms with E-state index in [1.54, 1.807) is 0 Å². The van der Waals surface area contributed by atoms with Crippen LogP contribution in [0.1, 0.15) is 5.56 Å². The summed E-state index contributed by atoms with van der Waals surface area (Å²) in [4.78, 5) is 1.28. The lowest BCUT2D eigenvalue weighted by Crippen LogP contribution is -3.00.